The fourth-order valence-electron chi connectivity index (χ4n) is 10.6. The topological polar surface area (TPSA) is 154 Å². The van der Waals surface area contributed by atoms with Crippen molar-refractivity contribution in [2.24, 2.45) is 35.5 Å². The lowest BCUT2D eigenvalue weighted by atomic mass is 9.96. The normalized spacial score (nSPS) is 12.6. The number of ether oxygens (including phenoxy) is 3. The number of hydrogen-bond acceptors (Lipinski definition) is 10. The molecule has 358 valence electrons. The van der Waals surface area contributed by atoms with Crippen LogP contribution in [0.1, 0.15) is 93.4 Å². The maximum absolute atomic E-state index is 13.2. The highest BCUT2D eigenvalue weighted by molar-refractivity contribution is 6.15. The molecule has 2 N–H and O–H groups in total. The molecule has 5 aromatic carbocycles. The zero-order valence-corrected chi connectivity index (χ0v) is 42.2. The average molecular weight is 935 g/mol. The minimum atomic E-state index is -0.140. The van der Waals surface area contributed by atoms with E-state index in [9.17, 15) is 4.79 Å². The Morgan fingerprint density at radius 3 is 1.41 bits per heavy atom. The predicted octanol–water partition coefficient (Wildman–Crippen LogP) is 14.0. The van der Waals surface area contributed by atoms with Gasteiger partial charge in [0.15, 0.2) is 29.6 Å². The minimum Gasteiger partial charge on any atom is -0.489 e. The van der Waals surface area contributed by atoms with Crippen molar-refractivity contribution in [3.63, 3.8) is 0 Å². The molecule has 8 aromatic rings. The standard InChI is InChI=1S/C58H62N8O4/c1-28(2)48(29(3)4)68-41-21-16-20-38-45(41)56-60-51-37-19-15-22-42(69-49(30(5)6)31(7)8)46(37)57(61-51)65-54-40-26-35-18-14-13-17-34(35)25-39(40)53(59-54)64-55-44-36(27-67)23-24-43(70-50(32(9)10)33(11)12)47(44)58(66-55)63-52(38)62-56/h13-33,48-50H,1-12H3,(H2,59,60,61,62,63,64,65,66). The molecule has 0 spiro atoms. The highest BCUT2D eigenvalue weighted by Crippen LogP contribution is 2.45. The zero-order chi connectivity index (χ0) is 49.3. The van der Waals surface area contributed by atoms with Crippen molar-refractivity contribution in [2.75, 3.05) is 0 Å². The summed E-state index contributed by atoms with van der Waals surface area (Å²) >= 11 is 0. The van der Waals surface area contributed by atoms with Gasteiger partial charge in [-0.15, -0.1) is 0 Å². The molecule has 2 aliphatic rings. The van der Waals surface area contributed by atoms with Gasteiger partial charge in [-0.25, -0.2) is 29.9 Å². The first-order valence-electron chi connectivity index (χ1n) is 24.8. The molecule has 0 saturated heterocycles. The Morgan fingerprint density at radius 1 is 0.414 bits per heavy atom. The van der Waals surface area contributed by atoms with Crippen LogP contribution in [0.5, 0.6) is 17.2 Å². The summed E-state index contributed by atoms with van der Waals surface area (Å²) < 4.78 is 20.9. The first-order chi connectivity index (χ1) is 33.6. The number of hydrogen-bond donors (Lipinski definition) is 2. The van der Waals surface area contributed by atoms with Gasteiger partial charge in [0.25, 0.3) is 0 Å². The van der Waals surface area contributed by atoms with Crippen LogP contribution < -0.4 is 14.2 Å². The highest BCUT2D eigenvalue weighted by Gasteiger charge is 2.30. The summed E-state index contributed by atoms with van der Waals surface area (Å²) in [6.45, 7) is 26.1. The van der Waals surface area contributed by atoms with E-state index in [1.807, 2.05) is 54.6 Å². The van der Waals surface area contributed by atoms with Gasteiger partial charge in [0.05, 0.1) is 16.3 Å². The van der Waals surface area contributed by atoms with Gasteiger partial charge in [0.2, 0.25) is 0 Å². The Morgan fingerprint density at radius 2 is 0.857 bits per heavy atom. The molecule has 0 atom stereocenters. The number of benzene rings is 5. The third kappa shape index (κ3) is 8.20. The minimum absolute atomic E-state index is 0.0754. The van der Waals surface area contributed by atoms with E-state index >= 15 is 0 Å². The molecule has 0 unspecified atom stereocenters. The Balaban J connectivity index is 1.39. The number of nitrogens with zero attached hydrogens (tertiary/aromatic N) is 6. The Kier molecular flexibility index (Phi) is 12.1. The van der Waals surface area contributed by atoms with Crippen LogP contribution in [0.3, 0.4) is 0 Å². The van der Waals surface area contributed by atoms with Crippen LogP contribution in [0.15, 0.2) is 84.9 Å². The number of carbonyl (C=O) groups excluding carboxylic acids is 1. The Labute approximate surface area is 408 Å². The van der Waals surface area contributed by atoms with E-state index < -0.39 is 0 Å². The summed E-state index contributed by atoms with van der Waals surface area (Å²) in [6.07, 6.45) is 0.543. The van der Waals surface area contributed by atoms with E-state index in [1.165, 1.54) is 0 Å². The number of H-pyrrole nitrogens is 2. The summed E-state index contributed by atoms with van der Waals surface area (Å²) in [5.74, 6) is 4.95. The van der Waals surface area contributed by atoms with Crippen LogP contribution in [0.25, 0.3) is 100 Å². The maximum atomic E-state index is 13.2. The van der Waals surface area contributed by atoms with E-state index in [4.69, 9.17) is 44.1 Å². The smallest absolute Gasteiger partial charge is 0.168 e. The van der Waals surface area contributed by atoms with Gasteiger partial charge in [0.1, 0.15) is 58.1 Å². The van der Waals surface area contributed by atoms with Crippen LogP contribution in [0.2, 0.25) is 0 Å². The molecule has 3 aromatic heterocycles. The summed E-state index contributed by atoms with van der Waals surface area (Å²) in [7, 11) is 0. The molecular weight excluding hydrogens is 873 g/mol. The van der Waals surface area contributed by atoms with Crippen LogP contribution in [-0.4, -0.2) is 64.5 Å². The van der Waals surface area contributed by atoms with E-state index in [1.54, 1.807) is 6.07 Å². The molecule has 0 radical (unpaired) electrons. The van der Waals surface area contributed by atoms with E-state index in [2.05, 4.69) is 117 Å². The highest BCUT2D eigenvalue weighted by atomic mass is 16.5. The average Bonchev–Trinajstić information content (AvgIpc) is 4.06. The molecule has 10 rings (SSSR count). The zero-order valence-electron chi connectivity index (χ0n) is 42.2. The van der Waals surface area contributed by atoms with Crippen molar-refractivity contribution >= 4 is 61.2 Å². The van der Waals surface area contributed by atoms with E-state index in [0.717, 1.165) is 50.1 Å². The molecule has 70 heavy (non-hydrogen) atoms. The van der Waals surface area contributed by atoms with Crippen molar-refractivity contribution < 1.29 is 19.0 Å². The van der Waals surface area contributed by atoms with Gasteiger partial charge >= 0.3 is 0 Å². The van der Waals surface area contributed by atoms with Crippen molar-refractivity contribution in [1.29, 1.82) is 0 Å². The maximum Gasteiger partial charge on any atom is 0.168 e. The molecule has 5 heterocycles. The second-order valence-corrected chi connectivity index (χ2v) is 20.9. The lowest BCUT2D eigenvalue weighted by molar-refractivity contribution is 0.106. The number of aromatic nitrogens is 8. The van der Waals surface area contributed by atoms with Crippen molar-refractivity contribution in [1.82, 2.24) is 39.9 Å². The quantitative estimate of drug-likeness (QED) is 0.107. The van der Waals surface area contributed by atoms with Crippen LogP contribution in [0, 0.1) is 35.5 Å². The lowest BCUT2D eigenvalue weighted by Crippen LogP contribution is -2.29. The summed E-state index contributed by atoms with van der Waals surface area (Å²) in [5, 5.41) is 4.81. The van der Waals surface area contributed by atoms with Crippen LogP contribution >= 0.6 is 0 Å². The molecule has 8 bridgehead atoms. The van der Waals surface area contributed by atoms with Gasteiger partial charge in [-0.05, 0) is 82.7 Å². The van der Waals surface area contributed by atoms with Crippen molar-refractivity contribution in [2.45, 2.75) is 101 Å². The Hall–Kier alpha value is -7.21. The van der Waals surface area contributed by atoms with Gasteiger partial charge < -0.3 is 24.2 Å². The third-order valence-corrected chi connectivity index (χ3v) is 13.7. The van der Waals surface area contributed by atoms with Crippen molar-refractivity contribution in [3.8, 4) is 62.8 Å². The Bertz CT molecular complexity index is 3490. The second-order valence-electron chi connectivity index (χ2n) is 20.9. The number of rotatable bonds is 13. The molecule has 0 saturated carbocycles. The SMILES string of the molecule is CC(C)C(Oc1cccc2c1-c1nc-2nc2[nH]c(nc3nc(nc4[nH]c(n1)c1cccc(OC(C(C)C)C(C)C)c41)-c1cc4ccccc4cc1-3)c1c(C=O)ccc(OC(C(C)C)C(C)C)c21)C(C)C. The first-order valence-corrected chi connectivity index (χ1v) is 24.8. The molecule has 0 fully saturated rings. The lowest BCUT2D eigenvalue weighted by Gasteiger charge is -2.27. The van der Waals surface area contributed by atoms with E-state index in [-0.39, 0.29) is 53.8 Å². The summed E-state index contributed by atoms with van der Waals surface area (Å²) in [6, 6.07) is 28.1. The van der Waals surface area contributed by atoms with Gasteiger partial charge in [-0.2, -0.15) is 0 Å². The molecule has 0 amide bonds. The van der Waals surface area contributed by atoms with Crippen LogP contribution in [0.4, 0.5) is 0 Å². The summed E-state index contributed by atoms with van der Waals surface area (Å²) in [4.78, 5) is 52.4. The van der Waals surface area contributed by atoms with Crippen LogP contribution in [-0.2, 0) is 0 Å². The number of aromatic amines is 2. The van der Waals surface area contributed by atoms with Crippen molar-refractivity contribution in [3.05, 3.63) is 90.5 Å². The molecule has 12 nitrogen and oxygen atoms in total. The van der Waals surface area contributed by atoms with Gasteiger partial charge in [-0.3, -0.25) is 4.79 Å². The largest absolute Gasteiger partial charge is 0.489 e. The third-order valence-electron chi connectivity index (χ3n) is 13.7. The fourth-order valence-corrected chi connectivity index (χ4v) is 10.6. The van der Waals surface area contributed by atoms with E-state index in [0.29, 0.717) is 79.5 Å². The number of carbonyl (C=O) groups is 1. The van der Waals surface area contributed by atoms with Gasteiger partial charge in [-0.1, -0.05) is 132 Å². The molecule has 0 aliphatic carbocycles. The fraction of sp³-hybridized carbons (Fsp3) is 0.362. The first kappa shape index (κ1) is 46.5. The monoisotopic (exact) mass is 934 g/mol. The summed E-state index contributed by atoms with van der Waals surface area (Å²) in [5.41, 5.74) is 5.38. The molecular formula is C58H62N8O4. The molecule has 2 aliphatic heterocycles. The van der Waals surface area contributed by atoms with Gasteiger partial charge in [0, 0.05) is 33.0 Å². The number of nitrogens with one attached hydrogen (secondary N) is 2. The number of fused-ring (bicyclic) bond motifs is 21. The molecule has 12 heteroatoms. The number of aldehydes is 1. The predicted molar refractivity (Wildman–Crippen MR) is 281 cm³/mol. The second kappa shape index (κ2) is 18.3.